The second-order valence-corrected chi connectivity index (χ2v) is 12.0. The Bertz CT molecular complexity index is 1400. The molecule has 10 heteroatoms. The van der Waals surface area contributed by atoms with Gasteiger partial charge in [0, 0.05) is 24.0 Å². The van der Waals surface area contributed by atoms with Gasteiger partial charge in [-0.15, -0.1) is 0 Å². The van der Waals surface area contributed by atoms with E-state index in [0.717, 1.165) is 21.7 Å². The summed E-state index contributed by atoms with van der Waals surface area (Å²) < 4.78 is 32.0. The van der Waals surface area contributed by atoms with Crippen molar-refractivity contribution in [3.8, 4) is 5.75 Å². The molecule has 1 N–H and O–H groups in total. The fourth-order valence-electron chi connectivity index (χ4n) is 4.21. The molecule has 2 amide bonds. The molecule has 0 unspecified atom stereocenters. The lowest BCUT2D eigenvalue weighted by molar-refractivity contribution is -0.140. The first-order valence-corrected chi connectivity index (χ1v) is 15.2. The van der Waals surface area contributed by atoms with Crippen molar-refractivity contribution >= 4 is 39.1 Å². The average molecular weight is 586 g/mol. The zero-order chi connectivity index (χ0) is 29.3. The summed E-state index contributed by atoms with van der Waals surface area (Å²) >= 11 is 6.14. The molecule has 0 aliphatic rings. The third-order valence-corrected chi connectivity index (χ3v) is 7.91. The highest BCUT2D eigenvalue weighted by atomic mass is 35.5. The topological polar surface area (TPSA) is 96.0 Å². The Morgan fingerprint density at radius 1 is 0.975 bits per heavy atom. The van der Waals surface area contributed by atoms with E-state index in [9.17, 15) is 18.0 Å². The minimum absolute atomic E-state index is 0.0641. The molecule has 214 valence electrons. The largest absolute Gasteiger partial charge is 0.497 e. The van der Waals surface area contributed by atoms with Crippen LogP contribution in [0.2, 0.25) is 5.02 Å². The van der Waals surface area contributed by atoms with E-state index in [0.29, 0.717) is 17.2 Å². The van der Waals surface area contributed by atoms with E-state index in [-0.39, 0.29) is 30.6 Å². The Balaban J connectivity index is 2.07. The van der Waals surface area contributed by atoms with Crippen LogP contribution in [0.15, 0.2) is 78.9 Å². The van der Waals surface area contributed by atoms with Gasteiger partial charge in [0.05, 0.1) is 19.1 Å². The third kappa shape index (κ3) is 8.72. The molecule has 0 bridgehead atoms. The van der Waals surface area contributed by atoms with E-state index in [1.165, 1.54) is 11.0 Å². The van der Waals surface area contributed by atoms with Crippen molar-refractivity contribution in [2.45, 2.75) is 45.3 Å². The number of benzene rings is 3. The lowest BCUT2D eigenvalue weighted by atomic mass is 10.0. The lowest BCUT2D eigenvalue weighted by Crippen LogP contribution is -2.54. The fourth-order valence-corrected chi connectivity index (χ4v) is 5.23. The second-order valence-electron chi connectivity index (χ2n) is 9.65. The number of methoxy groups -OCH3 is 1. The van der Waals surface area contributed by atoms with Crippen LogP contribution in [-0.2, 0) is 32.6 Å². The maximum Gasteiger partial charge on any atom is 0.244 e. The zero-order valence-electron chi connectivity index (χ0n) is 23.2. The standard InChI is InChI=1S/C30H36ClN3O5S/c1-5-22(2)32-30(36)28(18-23-11-7-6-8-12-23)33(20-24-13-9-16-27(17-24)39-3)29(35)21-34(40(4,37)38)26-15-10-14-25(31)19-26/h6-17,19,22,28H,5,18,20-21H2,1-4H3,(H,32,36)/t22-,28+/m0/s1. The van der Waals surface area contributed by atoms with E-state index in [1.807, 2.05) is 50.2 Å². The first-order chi connectivity index (χ1) is 19.0. The van der Waals surface area contributed by atoms with E-state index in [1.54, 1.807) is 43.5 Å². The number of nitrogens with zero attached hydrogens (tertiary/aromatic N) is 2. The van der Waals surface area contributed by atoms with Crippen molar-refractivity contribution in [1.29, 1.82) is 0 Å². The molecule has 0 saturated heterocycles. The summed E-state index contributed by atoms with van der Waals surface area (Å²) in [6, 6.07) is 21.9. The van der Waals surface area contributed by atoms with Gasteiger partial charge >= 0.3 is 0 Å². The highest BCUT2D eigenvalue weighted by Crippen LogP contribution is 2.24. The van der Waals surface area contributed by atoms with Crippen molar-refractivity contribution in [2.24, 2.45) is 0 Å². The smallest absolute Gasteiger partial charge is 0.244 e. The fraction of sp³-hybridized carbons (Fsp3) is 0.333. The van der Waals surface area contributed by atoms with Gasteiger partial charge in [0.15, 0.2) is 0 Å². The number of carbonyl (C=O) groups is 2. The summed E-state index contributed by atoms with van der Waals surface area (Å²) in [6.07, 6.45) is 1.99. The number of halogens is 1. The molecule has 0 spiro atoms. The number of hydrogen-bond acceptors (Lipinski definition) is 5. The predicted octanol–water partition coefficient (Wildman–Crippen LogP) is 4.67. The average Bonchev–Trinajstić information content (AvgIpc) is 2.93. The van der Waals surface area contributed by atoms with E-state index in [2.05, 4.69) is 5.32 Å². The maximum absolute atomic E-state index is 14.1. The second kappa shape index (κ2) is 14.2. The normalized spacial score (nSPS) is 12.7. The molecule has 40 heavy (non-hydrogen) atoms. The van der Waals surface area contributed by atoms with Crippen LogP contribution in [0.3, 0.4) is 0 Å². The van der Waals surface area contributed by atoms with Gasteiger partial charge < -0.3 is 15.0 Å². The van der Waals surface area contributed by atoms with Gasteiger partial charge in [0.1, 0.15) is 18.3 Å². The van der Waals surface area contributed by atoms with Crippen LogP contribution in [0.4, 0.5) is 5.69 Å². The Hall–Kier alpha value is -3.56. The SMILES string of the molecule is CC[C@H](C)NC(=O)[C@@H](Cc1ccccc1)N(Cc1cccc(OC)c1)C(=O)CN(c1cccc(Cl)c1)S(C)(=O)=O. The van der Waals surface area contributed by atoms with Gasteiger partial charge in [-0.1, -0.05) is 67.1 Å². The molecule has 0 aromatic heterocycles. The molecule has 0 saturated carbocycles. The highest BCUT2D eigenvalue weighted by molar-refractivity contribution is 7.92. The van der Waals surface area contributed by atoms with Crippen molar-refractivity contribution in [3.63, 3.8) is 0 Å². The lowest BCUT2D eigenvalue weighted by Gasteiger charge is -2.34. The van der Waals surface area contributed by atoms with E-state index < -0.39 is 28.5 Å². The van der Waals surface area contributed by atoms with Gasteiger partial charge in [0.25, 0.3) is 0 Å². The van der Waals surface area contributed by atoms with Gasteiger partial charge in [-0.05, 0) is 54.8 Å². The summed E-state index contributed by atoms with van der Waals surface area (Å²) in [7, 11) is -2.32. The first-order valence-electron chi connectivity index (χ1n) is 13.0. The van der Waals surface area contributed by atoms with E-state index in [4.69, 9.17) is 16.3 Å². The quantitative estimate of drug-likeness (QED) is 0.314. The van der Waals surface area contributed by atoms with Crippen LogP contribution in [0.5, 0.6) is 5.75 Å². The van der Waals surface area contributed by atoms with Crippen molar-refractivity contribution in [2.75, 3.05) is 24.2 Å². The Morgan fingerprint density at radius 2 is 1.65 bits per heavy atom. The van der Waals surface area contributed by atoms with Gasteiger partial charge in [-0.25, -0.2) is 8.42 Å². The third-order valence-electron chi connectivity index (χ3n) is 6.53. The monoisotopic (exact) mass is 585 g/mol. The summed E-state index contributed by atoms with van der Waals surface area (Å²) in [6.45, 7) is 3.42. The number of amides is 2. The van der Waals surface area contributed by atoms with Crippen LogP contribution >= 0.6 is 11.6 Å². The molecule has 0 fully saturated rings. The summed E-state index contributed by atoms with van der Waals surface area (Å²) in [5, 5.41) is 3.34. The number of nitrogens with one attached hydrogen (secondary N) is 1. The first kappa shape index (κ1) is 31.0. The van der Waals surface area contributed by atoms with Gasteiger partial charge in [0.2, 0.25) is 21.8 Å². The number of ether oxygens (including phenoxy) is 1. The molecule has 0 aliphatic heterocycles. The number of rotatable bonds is 13. The Morgan fingerprint density at radius 3 is 2.27 bits per heavy atom. The molecule has 0 heterocycles. The number of carbonyl (C=O) groups excluding carboxylic acids is 2. The number of hydrogen-bond donors (Lipinski definition) is 1. The van der Waals surface area contributed by atoms with Crippen molar-refractivity contribution in [3.05, 3.63) is 95.0 Å². The summed E-state index contributed by atoms with van der Waals surface area (Å²) in [5.41, 5.74) is 1.86. The van der Waals surface area contributed by atoms with Crippen LogP contribution in [0.25, 0.3) is 0 Å². The molecule has 0 radical (unpaired) electrons. The number of anilines is 1. The molecule has 0 aliphatic carbocycles. The summed E-state index contributed by atoms with van der Waals surface area (Å²) in [4.78, 5) is 29.2. The van der Waals surface area contributed by atoms with Crippen LogP contribution in [0, 0.1) is 0 Å². The van der Waals surface area contributed by atoms with Crippen LogP contribution in [0.1, 0.15) is 31.4 Å². The maximum atomic E-state index is 14.1. The minimum Gasteiger partial charge on any atom is -0.497 e. The van der Waals surface area contributed by atoms with E-state index >= 15 is 0 Å². The number of sulfonamides is 1. The van der Waals surface area contributed by atoms with Gasteiger partial charge in [-0.3, -0.25) is 13.9 Å². The molecular formula is C30H36ClN3O5S. The Labute approximate surface area is 241 Å². The molecule has 8 nitrogen and oxygen atoms in total. The highest BCUT2D eigenvalue weighted by Gasteiger charge is 2.33. The Kier molecular flexibility index (Phi) is 11.0. The van der Waals surface area contributed by atoms with Crippen LogP contribution in [-0.4, -0.2) is 57.1 Å². The predicted molar refractivity (Wildman–Crippen MR) is 159 cm³/mol. The van der Waals surface area contributed by atoms with Crippen molar-refractivity contribution < 1.29 is 22.7 Å². The van der Waals surface area contributed by atoms with Crippen LogP contribution < -0.4 is 14.4 Å². The molecular weight excluding hydrogens is 550 g/mol. The van der Waals surface area contributed by atoms with Gasteiger partial charge in [-0.2, -0.15) is 0 Å². The minimum atomic E-state index is -3.87. The molecule has 2 atom stereocenters. The molecule has 3 rings (SSSR count). The van der Waals surface area contributed by atoms with Crippen molar-refractivity contribution in [1.82, 2.24) is 10.2 Å². The zero-order valence-corrected chi connectivity index (χ0v) is 24.8. The summed E-state index contributed by atoms with van der Waals surface area (Å²) in [5.74, 6) is -0.248. The molecule has 3 aromatic rings. The molecule has 3 aromatic carbocycles.